The van der Waals surface area contributed by atoms with E-state index in [9.17, 15) is 0 Å². The summed E-state index contributed by atoms with van der Waals surface area (Å²) >= 11 is 8.07. The number of hydrogen-bond acceptors (Lipinski definition) is 1. The molecule has 10 heavy (non-hydrogen) atoms. The molecule has 0 heterocycles. The van der Waals surface area contributed by atoms with Crippen LogP contribution in [0.2, 0.25) is 0 Å². The summed E-state index contributed by atoms with van der Waals surface area (Å²) in [5, 5.41) is 1.40. The van der Waals surface area contributed by atoms with Gasteiger partial charge in [0, 0.05) is 10.6 Å². The van der Waals surface area contributed by atoms with Gasteiger partial charge in [0.25, 0.3) is 0 Å². The van der Waals surface area contributed by atoms with Gasteiger partial charge in [0.2, 0.25) is 0 Å². The van der Waals surface area contributed by atoms with Gasteiger partial charge in [-0.25, -0.2) is 0 Å². The number of halogens is 1. The minimum Gasteiger partial charge on any atom is -0.159 e. The molecule has 0 N–H and O–H groups in total. The van der Waals surface area contributed by atoms with E-state index in [1.165, 1.54) is 31.4 Å². The molecular formula is C8H15ClS. The highest BCUT2D eigenvalue weighted by Crippen LogP contribution is 2.30. The van der Waals surface area contributed by atoms with Gasteiger partial charge in [-0.05, 0) is 31.4 Å². The smallest absolute Gasteiger partial charge is 0.0336 e. The fraction of sp³-hybridized carbons (Fsp3) is 1.00. The van der Waals surface area contributed by atoms with Gasteiger partial charge < -0.3 is 0 Å². The van der Waals surface area contributed by atoms with Gasteiger partial charge in [0.1, 0.15) is 0 Å². The van der Waals surface area contributed by atoms with Gasteiger partial charge in [0.15, 0.2) is 0 Å². The van der Waals surface area contributed by atoms with Crippen molar-refractivity contribution in [2.45, 2.75) is 43.2 Å². The number of alkyl halides is 1. The SMILES string of the molecule is CCSC1CCC(Cl)CC1. The molecule has 0 aromatic rings. The highest BCUT2D eigenvalue weighted by molar-refractivity contribution is 7.99. The molecule has 0 unspecified atom stereocenters. The van der Waals surface area contributed by atoms with Gasteiger partial charge in [0.05, 0.1) is 0 Å². The molecule has 0 radical (unpaired) electrons. The standard InChI is InChI=1S/C8H15ClS/c1-2-10-8-5-3-7(9)4-6-8/h7-8H,2-6H2,1H3. The van der Waals surface area contributed by atoms with Crippen LogP contribution in [0.3, 0.4) is 0 Å². The summed E-state index contributed by atoms with van der Waals surface area (Å²) in [4.78, 5) is 0. The van der Waals surface area contributed by atoms with Crippen molar-refractivity contribution in [3.63, 3.8) is 0 Å². The maximum absolute atomic E-state index is 5.97. The Morgan fingerprint density at radius 2 is 1.90 bits per heavy atom. The van der Waals surface area contributed by atoms with E-state index >= 15 is 0 Å². The molecule has 0 atom stereocenters. The van der Waals surface area contributed by atoms with Crippen molar-refractivity contribution >= 4 is 23.4 Å². The molecule has 1 saturated carbocycles. The molecule has 2 heteroatoms. The first kappa shape index (κ1) is 8.73. The summed E-state index contributed by atoms with van der Waals surface area (Å²) in [6.07, 6.45) is 5.15. The van der Waals surface area contributed by atoms with Gasteiger partial charge in [-0.3, -0.25) is 0 Å². The number of hydrogen-bond donors (Lipinski definition) is 0. The van der Waals surface area contributed by atoms with E-state index in [-0.39, 0.29) is 0 Å². The van der Waals surface area contributed by atoms with E-state index in [0.717, 1.165) is 5.25 Å². The summed E-state index contributed by atoms with van der Waals surface area (Å²) in [5.74, 6) is 1.26. The van der Waals surface area contributed by atoms with Crippen LogP contribution >= 0.6 is 23.4 Å². The van der Waals surface area contributed by atoms with Crippen LogP contribution in [0.25, 0.3) is 0 Å². The average Bonchev–Trinajstić information content (AvgIpc) is 1.95. The van der Waals surface area contributed by atoms with E-state index in [0.29, 0.717) is 5.38 Å². The van der Waals surface area contributed by atoms with Crippen LogP contribution in [0.4, 0.5) is 0 Å². The van der Waals surface area contributed by atoms with Crippen LogP contribution in [0.15, 0.2) is 0 Å². The van der Waals surface area contributed by atoms with E-state index < -0.39 is 0 Å². The molecule has 0 bridgehead atoms. The molecule has 0 nitrogen and oxygen atoms in total. The molecule has 0 spiro atoms. The van der Waals surface area contributed by atoms with Crippen molar-refractivity contribution in [2.75, 3.05) is 5.75 Å². The second kappa shape index (κ2) is 4.50. The molecule has 0 amide bonds. The maximum Gasteiger partial charge on any atom is 0.0336 e. The predicted octanol–water partition coefficient (Wildman–Crippen LogP) is 3.29. The average molecular weight is 179 g/mol. The van der Waals surface area contributed by atoms with E-state index in [1.807, 2.05) is 0 Å². The fourth-order valence-electron chi connectivity index (χ4n) is 1.42. The Labute approximate surface area is 72.7 Å². The Hall–Kier alpha value is 0.640. The zero-order chi connectivity index (χ0) is 7.40. The van der Waals surface area contributed by atoms with Crippen molar-refractivity contribution in [3.8, 4) is 0 Å². The minimum absolute atomic E-state index is 0.480. The highest BCUT2D eigenvalue weighted by Gasteiger charge is 2.18. The monoisotopic (exact) mass is 178 g/mol. The second-order valence-corrected chi connectivity index (χ2v) is 5.02. The highest BCUT2D eigenvalue weighted by atomic mass is 35.5. The Morgan fingerprint density at radius 3 is 2.40 bits per heavy atom. The topological polar surface area (TPSA) is 0 Å². The number of thioether (sulfide) groups is 1. The molecule has 0 saturated heterocycles. The van der Waals surface area contributed by atoms with E-state index in [2.05, 4.69) is 18.7 Å². The zero-order valence-corrected chi connectivity index (χ0v) is 8.05. The summed E-state index contributed by atoms with van der Waals surface area (Å²) < 4.78 is 0. The van der Waals surface area contributed by atoms with Gasteiger partial charge in [-0.2, -0.15) is 11.8 Å². The lowest BCUT2D eigenvalue weighted by Gasteiger charge is -2.23. The van der Waals surface area contributed by atoms with Crippen LogP contribution in [0.1, 0.15) is 32.6 Å². The quantitative estimate of drug-likeness (QED) is 0.585. The van der Waals surface area contributed by atoms with E-state index in [4.69, 9.17) is 11.6 Å². The van der Waals surface area contributed by atoms with Crippen molar-refractivity contribution in [2.24, 2.45) is 0 Å². The predicted molar refractivity (Wildman–Crippen MR) is 50.0 cm³/mol. The maximum atomic E-state index is 5.97. The third-order valence-electron chi connectivity index (χ3n) is 2.01. The number of rotatable bonds is 2. The van der Waals surface area contributed by atoms with Crippen molar-refractivity contribution in [1.82, 2.24) is 0 Å². The lowest BCUT2D eigenvalue weighted by Crippen LogP contribution is -2.15. The zero-order valence-electron chi connectivity index (χ0n) is 6.48. The Bertz CT molecular complexity index is 87.3. The Morgan fingerprint density at radius 1 is 1.30 bits per heavy atom. The van der Waals surface area contributed by atoms with Crippen molar-refractivity contribution in [3.05, 3.63) is 0 Å². The molecule has 0 aliphatic heterocycles. The van der Waals surface area contributed by atoms with Crippen LogP contribution in [0.5, 0.6) is 0 Å². The van der Waals surface area contributed by atoms with Crippen LogP contribution in [0, 0.1) is 0 Å². The summed E-state index contributed by atoms with van der Waals surface area (Å²) in [5.41, 5.74) is 0. The van der Waals surface area contributed by atoms with Gasteiger partial charge in [-0.15, -0.1) is 11.6 Å². The molecule has 0 aromatic carbocycles. The molecule has 1 rings (SSSR count). The lowest BCUT2D eigenvalue weighted by atomic mass is 10.00. The third-order valence-corrected chi connectivity index (χ3v) is 3.72. The fourth-order valence-corrected chi connectivity index (χ4v) is 2.75. The first-order valence-corrected chi connectivity index (χ1v) is 5.57. The first-order chi connectivity index (χ1) is 4.83. The van der Waals surface area contributed by atoms with Crippen molar-refractivity contribution in [1.29, 1.82) is 0 Å². The molecule has 0 aromatic heterocycles. The lowest BCUT2D eigenvalue weighted by molar-refractivity contribution is 0.523. The van der Waals surface area contributed by atoms with Crippen LogP contribution < -0.4 is 0 Å². The van der Waals surface area contributed by atoms with Crippen molar-refractivity contribution < 1.29 is 0 Å². The second-order valence-electron chi connectivity index (χ2n) is 2.83. The first-order valence-electron chi connectivity index (χ1n) is 4.08. The van der Waals surface area contributed by atoms with Gasteiger partial charge >= 0.3 is 0 Å². The largest absolute Gasteiger partial charge is 0.159 e. The summed E-state index contributed by atoms with van der Waals surface area (Å²) in [7, 11) is 0. The molecular weight excluding hydrogens is 164 g/mol. The molecule has 60 valence electrons. The molecule has 1 aliphatic carbocycles. The molecule has 1 fully saturated rings. The summed E-state index contributed by atoms with van der Waals surface area (Å²) in [6, 6.07) is 0. The van der Waals surface area contributed by atoms with E-state index in [1.54, 1.807) is 0 Å². The third kappa shape index (κ3) is 2.71. The molecule has 1 aliphatic rings. The minimum atomic E-state index is 0.480. The van der Waals surface area contributed by atoms with Crippen LogP contribution in [-0.2, 0) is 0 Å². The normalized spacial score (nSPS) is 34.2. The summed E-state index contributed by atoms with van der Waals surface area (Å²) in [6.45, 7) is 2.23. The van der Waals surface area contributed by atoms with Gasteiger partial charge in [-0.1, -0.05) is 6.92 Å². The Kier molecular flexibility index (Phi) is 3.93. The Balaban J connectivity index is 2.13. The van der Waals surface area contributed by atoms with Crippen LogP contribution in [-0.4, -0.2) is 16.4 Å².